The van der Waals surface area contributed by atoms with E-state index in [0.717, 1.165) is 12.0 Å². The van der Waals surface area contributed by atoms with E-state index >= 15 is 0 Å². The van der Waals surface area contributed by atoms with E-state index in [1.165, 1.54) is 0 Å². The summed E-state index contributed by atoms with van der Waals surface area (Å²) in [4.78, 5) is 23.5. The van der Waals surface area contributed by atoms with Crippen molar-refractivity contribution in [3.8, 4) is 0 Å². The Morgan fingerprint density at radius 3 is 2.64 bits per heavy atom. The summed E-state index contributed by atoms with van der Waals surface area (Å²) in [6.45, 7) is 7.06. The number of carbonyl (C=O) groups is 2. The number of aliphatic carboxylic acids is 1. The SMILES string of the molecule is CC1=C(/C=C\C(C)=C/CC[C@H](C)O)[C@@](C)(C(=O)O)CCC1=O. The van der Waals surface area contributed by atoms with Crippen LogP contribution in [0.5, 0.6) is 0 Å². The fourth-order valence-electron chi connectivity index (χ4n) is 2.62. The van der Waals surface area contributed by atoms with Gasteiger partial charge in [-0.05, 0) is 58.1 Å². The number of rotatable bonds is 6. The molecule has 2 atom stereocenters. The monoisotopic (exact) mass is 306 g/mol. The van der Waals surface area contributed by atoms with E-state index < -0.39 is 11.4 Å². The Balaban J connectivity index is 3.00. The first kappa shape index (κ1) is 18.4. The lowest BCUT2D eigenvalue weighted by atomic mass is 9.70. The third-order valence-corrected chi connectivity index (χ3v) is 4.30. The fraction of sp³-hybridized carbons (Fsp3) is 0.556. The molecule has 1 aliphatic carbocycles. The van der Waals surface area contributed by atoms with Crippen LogP contribution in [-0.4, -0.2) is 28.1 Å². The van der Waals surface area contributed by atoms with Crippen molar-refractivity contribution in [1.29, 1.82) is 0 Å². The lowest BCUT2D eigenvalue weighted by Crippen LogP contribution is -2.34. The normalized spacial score (nSPS) is 25.0. The van der Waals surface area contributed by atoms with Gasteiger partial charge in [0.1, 0.15) is 0 Å². The molecule has 0 aliphatic heterocycles. The third kappa shape index (κ3) is 4.41. The Labute approximate surface area is 132 Å². The summed E-state index contributed by atoms with van der Waals surface area (Å²) in [5.74, 6) is -0.871. The van der Waals surface area contributed by atoms with Gasteiger partial charge < -0.3 is 10.2 Å². The van der Waals surface area contributed by atoms with Gasteiger partial charge in [0.15, 0.2) is 5.78 Å². The van der Waals surface area contributed by atoms with Gasteiger partial charge in [-0.25, -0.2) is 0 Å². The Morgan fingerprint density at radius 2 is 2.09 bits per heavy atom. The van der Waals surface area contributed by atoms with E-state index in [-0.39, 0.29) is 18.3 Å². The molecule has 4 nitrogen and oxygen atoms in total. The second kappa shape index (κ2) is 7.54. The highest BCUT2D eigenvalue weighted by molar-refractivity contribution is 6.00. The van der Waals surface area contributed by atoms with Crippen LogP contribution in [0.4, 0.5) is 0 Å². The molecule has 0 bridgehead atoms. The van der Waals surface area contributed by atoms with Crippen LogP contribution in [0.3, 0.4) is 0 Å². The molecule has 122 valence electrons. The first-order chi connectivity index (χ1) is 10.2. The topological polar surface area (TPSA) is 74.6 Å². The van der Waals surface area contributed by atoms with Gasteiger partial charge in [0.05, 0.1) is 11.5 Å². The molecular weight excluding hydrogens is 280 g/mol. The summed E-state index contributed by atoms with van der Waals surface area (Å²) in [7, 11) is 0. The maximum Gasteiger partial charge on any atom is 0.313 e. The molecule has 22 heavy (non-hydrogen) atoms. The molecule has 0 fully saturated rings. The van der Waals surface area contributed by atoms with Crippen LogP contribution < -0.4 is 0 Å². The molecule has 0 unspecified atom stereocenters. The van der Waals surface area contributed by atoms with Gasteiger partial charge in [-0.15, -0.1) is 0 Å². The highest BCUT2D eigenvalue weighted by Gasteiger charge is 2.41. The van der Waals surface area contributed by atoms with E-state index in [0.29, 0.717) is 24.0 Å². The van der Waals surface area contributed by atoms with E-state index in [4.69, 9.17) is 0 Å². The number of carboxylic acids is 1. The average molecular weight is 306 g/mol. The smallest absolute Gasteiger partial charge is 0.313 e. The van der Waals surface area contributed by atoms with Crippen molar-refractivity contribution in [2.75, 3.05) is 0 Å². The molecule has 0 saturated carbocycles. The molecule has 0 radical (unpaired) electrons. The van der Waals surface area contributed by atoms with E-state index in [1.54, 1.807) is 26.8 Å². The molecule has 0 saturated heterocycles. The summed E-state index contributed by atoms with van der Waals surface area (Å²) < 4.78 is 0. The highest BCUT2D eigenvalue weighted by Crippen LogP contribution is 2.40. The second-order valence-electron chi connectivity index (χ2n) is 6.31. The predicted octanol–water partition coefficient (Wildman–Crippen LogP) is 3.42. The van der Waals surface area contributed by atoms with Crippen molar-refractivity contribution in [3.63, 3.8) is 0 Å². The Morgan fingerprint density at radius 1 is 1.45 bits per heavy atom. The van der Waals surface area contributed by atoms with Gasteiger partial charge in [0.2, 0.25) is 0 Å². The number of Topliss-reactive ketones (excluding diaryl/α,β-unsaturated/α-hetero) is 1. The molecule has 0 spiro atoms. The van der Waals surface area contributed by atoms with Crippen LogP contribution in [0, 0.1) is 5.41 Å². The van der Waals surface area contributed by atoms with Crippen LogP contribution >= 0.6 is 0 Å². The minimum atomic E-state index is -1.01. The summed E-state index contributed by atoms with van der Waals surface area (Å²) in [5, 5.41) is 18.8. The molecule has 0 aromatic rings. The lowest BCUT2D eigenvalue weighted by molar-refractivity contribution is -0.146. The first-order valence-electron chi connectivity index (χ1n) is 7.69. The number of ketones is 1. The number of aliphatic hydroxyl groups excluding tert-OH is 1. The molecule has 2 N–H and O–H groups in total. The van der Waals surface area contributed by atoms with Crippen LogP contribution in [0.1, 0.15) is 53.4 Å². The second-order valence-corrected chi connectivity index (χ2v) is 6.31. The van der Waals surface area contributed by atoms with E-state index in [2.05, 4.69) is 0 Å². The summed E-state index contributed by atoms with van der Waals surface area (Å²) in [6, 6.07) is 0. The zero-order valence-electron chi connectivity index (χ0n) is 13.8. The molecule has 1 rings (SSSR count). The molecular formula is C18H26O4. The van der Waals surface area contributed by atoms with Crippen molar-refractivity contribution in [2.45, 2.75) is 59.5 Å². The summed E-state index contributed by atoms with van der Waals surface area (Å²) >= 11 is 0. The number of carboxylic acid groups (broad SMARTS) is 1. The van der Waals surface area contributed by atoms with Crippen molar-refractivity contribution in [1.82, 2.24) is 0 Å². The molecule has 0 heterocycles. The Hall–Kier alpha value is -1.68. The third-order valence-electron chi connectivity index (χ3n) is 4.30. The minimum Gasteiger partial charge on any atom is -0.481 e. The number of aliphatic hydroxyl groups is 1. The van der Waals surface area contributed by atoms with Crippen LogP contribution in [0.25, 0.3) is 0 Å². The first-order valence-corrected chi connectivity index (χ1v) is 7.69. The molecule has 1 aliphatic rings. The molecule has 4 heteroatoms. The molecule has 0 aromatic heterocycles. The quantitative estimate of drug-likeness (QED) is 0.737. The van der Waals surface area contributed by atoms with Crippen molar-refractivity contribution in [3.05, 3.63) is 34.9 Å². The number of carbonyl (C=O) groups excluding carboxylic acids is 1. The standard InChI is InChI=1S/C18H26O4/c1-12(6-5-7-13(2)19)8-9-15-14(3)16(20)10-11-18(15,4)17(21)22/h6,8-9,13,19H,5,7,10-11H2,1-4H3,(H,21,22)/b9-8-,12-6-/t13-,18-/m0/s1. The average Bonchev–Trinajstić information content (AvgIpc) is 2.42. The lowest BCUT2D eigenvalue weighted by Gasteiger charge is -2.31. The summed E-state index contributed by atoms with van der Waals surface area (Å²) in [6.07, 6.45) is 7.36. The Bertz CT molecular complexity index is 537. The van der Waals surface area contributed by atoms with Crippen LogP contribution in [0.2, 0.25) is 0 Å². The molecule has 0 aromatic carbocycles. The number of allylic oxidation sites excluding steroid dienone is 5. The van der Waals surface area contributed by atoms with Gasteiger partial charge in [-0.2, -0.15) is 0 Å². The van der Waals surface area contributed by atoms with Gasteiger partial charge in [-0.3, -0.25) is 9.59 Å². The maximum atomic E-state index is 11.9. The van der Waals surface area contributed by atoms with Gasteiger partial charge in [-0.1, -0.05) is 23.8 Å². The van der Waals surface area contributed by atoms with Crippen molar-refractivity contribution in [2.24, 2.45) is 5.41 Å². The van der Waals surface area contributed by atoms with Crippen LogP contribution in [-0.2, 0) is 9.59 Å². The largest absolute Gasteiger partial charge is 0.481 e. The summed E-state index contributed by atoms with van der Waals surface area (Å²) in [5.41, 5.74) is 1.13. The van der Waals surface area contributed by atoms with Gasteiger partial charge in [0, 0.05) is 6.42 Å². The van der Waals surface area contributed by atoms with E-state index in [1.807, 2.05) is 19.1 Å². The fourth-order valence-corrected chi connectivity index (χ4v) is 2.62. The van der Waals surface area contributed by atoms with Gasteiger partial charge >= 0.3 is 5.97 Å². The molecule has 0 amide bonds. The number of hydrogen-bond acceptors (Lipinski definition) is 3. The minimum absolute atomic E-state index is 0.0223. The zero-order chi connectivity index (χ0) is 16.9. The van der Waals surface area contributed by atoms with Crippen molar-refractivity contribution >= 4 is 11.8 Å². The highest BCUT2D eigenvalue weighted by atomic mass is 16.4. The van der Waals surface area contributed by atoms with Crippen molar-refractivity contribution < 1.29 is 19.8 Å². The predicted molar refractivity (Wildman–Crippen MR) is 86.5 cm³/mol. The van der Waals surface area contributed by atoms with Gasteiger partial charge in [0.25, 0.3) is 0 Å². The van der Waals surface area contributed by atoms with E-state index in [9.17, 15) is 19.8 Å². The maximum absolute atomic E-state index is 11.9. The Kier molecular flexibility index (Phi) is 6.30. The number of hydrogen-bond donors (Lipinski definition) is 2. The van der Waals surface area contributed by atoms with Crippen LogP contribution in [0.15, 0.2) is 34.9 Å². The zero-order valence-corrected chi connectivity index (χ0v) is 13.8.